The zero-order chi connectivity index (χ0) is 22.5. The van der Waals surface area contributed by atoms with Gasteiger partial charge in [0.2, 0.25) is 0 Å². The molecule has 1 heterocycles. The maximum atomic E-state index is 13.0. The van der Waals surface area contributed by atoms with Crippen molar-refractivity contribution in [2.45, 2.75) is 6.61 Å². The second-order valence-electron chi connectivity index (χ2n) is 7.00. The Balaban J connectivity index is 1.54. The van der Waals surface area contributed by atoms with Gasteiger partial charge >= 0.3 is 6.03 Å². The molecule has 3 aromatic rings. The van der Waals surface area contributed by atoms with Crippen LogP contribution in [-0.4, -0.2) is 25.0 Å². The molecule has 0 aromatic heterocycles. The molecular formula is C25H20N2O5. The van der Waals surface area contributed by atoms with E-state index in [0.29, 0.717) is 29.4 Å². The molecule has 0 radical (unpaired) electrons. The lowest BCUT2D eigenvalue weighted by Gasteiger charge is -2.26. The number of carbonyl (C=O) groups is 3. The van der Waals surface area contributed by atoms with Crippen LogP contribution in [0.15, 0.2) is 84.4 Å². The Labute approximate surface area is 184 Å². The van der Waals surface area contributed by atoms with Gasteiger partial charge in [0, 0.05) is 0 Å². The largest absolute Gasteiger partial charge is 0.497 e. The normalized spacial score (nSPS) is 15.0. The standard InChI is InChI=1S/C25H20N2O5/c1-31-21-9-5-8-18(14-21)15-22-23(28)26-25(30)27(24(22)29)19-10-12-20(13-11-19)32-16-17-6-3-2-4-7-17/h2-15H,16H2,1H3,(H,26,28,30). The number of amides is 4. The minimum Gasteiger partial charge on any atom is -0.497 e. The number of nitrogens with one attached hydrogen (secondary N) is 1. The fourth-order valence-electron chi connectivity index (χ4n) is 3.22. The van der Waals surface area contributed by atoms with Gasteiger partial charge in [0.1, 0.15) is 23.7 Å². The van der Waals surface area contributed by atoms with Gasteiger partial charge in [0.05, 0.1) is 12.8 Å². The van der Waals surface area contributed by atoms with Crippen molar-refractivity contribution in [1.29, 1.82) is 0 Å². The fraction of sp³-hybridized carbons (Fsp3) is 0.0800. The molecular weight excluding hydrogens is 408 g/mol. The van der Waals surface area contributed by atoms with Crippen LogP contribution in [0.4, 0.5) is 10.5 Å². The average molecular weight is 428 g/mol. The molecule has 0 spiro atoms. The van der Waals surface area contributed by atoms with Gasteiger partial charge in [-0.05, 0) is 53.6 Å². The third-order valence-corrected chi connectivity index (χ3v) is 4.85. The predicted octanol–water partition coefficient (Wildman–Crippen LogP) is 3.94. The third kappa shape index (κ3) is 4.52. The lowest BCUT2D eigenvalue weighted by Crippen LogP contribution is -2.54. The number of hydrogen-bond acceptors (Lipinski definition) is 5. The molecule has 1 saturated heterocycles. The number of imide groups is 2. The van der Waals surface area contributed by atoms with Gasteiger partial charge in [-0.15, -0.1) is 0 Å². The van der Waals surface area contributed by atoms with E-state index >= 15 is 0 Å². The molecule has 0 bridgehead atoms. The SMILES string of the molecule is COc1cccc(C=C2C(=O)NC(=O)N(c3ccc(OCc4ccccc4)cc3)C2=O)c1. The Morgan fingerprint density at radius 2 is 1.62 bits per heavy atom. The van der Waals surface area contributed by atoms with Crippen molar-refractivity contribution in [1.82, 2.24) is 5.32 Å². The van der Waals surface area contributed by atoms with Gasteiger partial charge < -0.3 is 9.47 Å². The molecule has 0 aliphatic carbocycles. The minimum atomic E-state index is -0.805. The number of barbiturate groups is 1. The fourth-order valence-corrected chi connectivity index (χ4v) is 3.22. The predicted molar refractivity (Wildman–Crippen MR) is 119 cm³/mol. The Morgan fingerprint density at radius 3 is 2.34 bits per heavy atom. The van der Waals surface area contributed by atoms with Crippen LogP contribution in [0.2, 0.25) is 0 Å². The molecule has 7 heteroatoms. The van der Waals surface area contributed by atoms with Crippen LogP contribution in [0.3, 0.4) is 0 Å². The molecule has 160 valence electrons. The molecule has 1 aliphatic heterocycles. The molecule has 32 heavy (non-hydrogen) atoms. The zero-order valence-corrected chi connectivity index (χ0v) is 17.3. The summed E-state index contributed by atoms with van der Waals surface area (Å²) in [7, 11) is 1.53. The van der Waals surface area contributed by atoms with Crippen molar-refractivity contribution in [3.05, 3.63) is 95.6 Å². The van der Waals surface area contributed by atoms with Crippen LogP contribution in [0, 0.1) is 0 Å². The molecule has 0 atom stereocenters. The van der Waals surface area contributed by atoms with Crippen LogP contribution >= 0.6 is 0 Å². The van der Waals surface area contributed by atoms with Crippen molar-refractivity contribution in [3.63, 3.8) is 0 Å². The number of benzene rings is 3. The lowest BCUT2D eigenvalue weighted by atomic mass is 10.1. The van der Waals surface area contributed by atoms with Crippen molar-refractivity contribution in [2.24, 2.45) is 0 Å². The van der Waals surface area contributed by atoms with E-state index in [9.17, 15) is 14.4 Å². The number of ether oxygens (including phenoxy) is 2. The van der Waals surface area contributed by atoms with Gasteiger partial charge in [-0.3, -0.25) is 14.9 Å². The molecule has 7 nitrogen and oxygen atoms in total. The number of nitrogens with zero attached hydrogens (tertiary/aromatic N) is 1. The molecule has 1 N–H and O–H groups in total. The maximum Gasteiger partial charge on any atom is 0.335 e. The van der Waals surface area contributed by atoms with E-state index in [-0.39, 0.29) is 5.57 Å². The van der Waals surface area contributed by atoms with Crippen LogP contribution in [0.25, 0.3) is 6.08 Å². The maximum absolute atomic E-state index is 13.0. The van der Waals surface area contributed by atoms with E-state index in [4.69, 9.17) is 9.47 Å². The van der Waals surface area contributed by atoms with Crippen LogP contribution < -0.4 is 19.7 Å². The van der Waals surface area contributed by atoms with Gasteiger partial charge in [-0.1, -0.05) is 42.5 Å². The highest BCUT2D eigenvalue weighted by Gasteiger charge is 2.36. The number of urea groups is 1. The van der Waals surface area contributed by atoms with Gasteiger partial charge in [-0.25, -0.2) is 9.69 Å². The Bertz CT molecular complexity index is 1190. The quantitative estimate of drug-likeness (QED) is 0.475. The van der Waals surface area contributed by atoms with E-state index in [1.165, 1.54) is 13.2 Å². The van der Waals surface area contributed by atoms with E-state index in [0.717, 1.165) is 10.5 Å². The number of rotatable bonds is 6. The number of hydrogen-bond donors (Lipinski definition) is 1. The average Bonchev–Trinajstić information content (AvgIpc) is 2.82. The van der Waals surface area contributed by atoms with E-state index in [1.807, 2.05) is 30.3 Å². The zero-order valence-electron chi connectivity index (χ0n) is 17.3. The molecule has 0 saturated carbocycles. The summed E-state index contributed by atoms with van der Waals surface area (Å²) >= 11 is 0. The second-order valence-corrected chi connectivity index (χ2v) is 7.00. The van der Waals surface area contributed by atoms with Gasteiger partial charge in [-0.2, -0.15) is 0 Å². The molecule has 4 amide bonds. The van der Waals surface area contributed by atoms with Crippen molar-refractivity contribution < 1.29 is 23.9 Å². The lowest BCUT2D eigenvalue weighted by molar-refractivity contribution is -0.122. The highest BCUT2D eigenvalue weighted by Crippen LogP contribution is 2.25. The summed E-state index contributed by atoms with van der Waals surface area (Å²) in [5.41, 5.74) is 1.79. The second kappa shape index (κ2) is 9.18. The summed E-state index contributed by atoms with van der Waals surface area (Å²) in [6.07, 6.45) is 1.43. The first kappa shape index (κ1) is 20.9. The van der Waals surface area contributed by atoms with E-state index in [2.05, 4.69) is 5.32 Å². The van der Waals surface area contributed by atoms with E-state index in [1.54, 1.807) is 48.5 Å². The highest BCUT2D eigenvalue weighted by atomic mass is 16.5. The van der Waals surface area contributed by atoms with E-state index < -0.39 is 17.8 Å². The number of methoxy groups -OCH3 is 1. The Hall–Kier alpha value is -4.39. The first-order valence-corrected chi connectivity index (χ1v) is 9.87. The summed E-state index contributed by atoms with van der Waals surface area (Å²) < 4.78 is 10.9. The molecule has 4 rings (SSSR count). The minimum absolute atomic E-state index is 0.151. The number of anilines is 1. The Morgan fingerprint density at radius 1 is 0.875 bits per heavy atom. The summed E-state index contributed by atoms with van der Waals surface area (Å²) in [6.45, 7) is 0.394. The van der Waals surface area contributed by atoms with Crippen molar-refractivity contribution >= 4 is 29.6 Å². The monoisotopic (exact) mass is 428 g/mol. The smallest absolute Gasteiger partial charge is 0.335 e. The van der Waals surface area contributed by atoms with Crippen LogP contribution in [-0.2, 0) is 16.2 Å². The van der Waals surface area contributed by atoms with Gasteiger partial charge in [0.15, 0.2) is 0 Å². The first-order valence-electron chi connectivity index (χ1n) is 9.87. The highest BCUT2D eigenvalue weighted by molar-refractivity contribution is 6.39. The third-order valence-electron chi connectivity index (χ3n) is 4.85. The molecule has 3 aromatic carbocycles. The summed E-state index contributed by atoms with van der Waals surface area (Å²) in [5, 5.41) is 2.21. The summed E-state index contributed by atoms with van der Waals surface area (Å²) in [4.78, 5) is 38.7. The Kier molecular flexibility index (Phi) is 5.98. The summed E-state index contributed by atoms with van der Waals surface area (Å²) in [5.74, 6) is -0.283. The molecule has 0 unspecified atom stereocenters. The van der Waals surface area contributed by atoms with Crippen LogP contribution in [0.1, 0.15) is 11.1 Å². The number of carbonyl (C=O) groups excluding carboxylic acids is 3. The van der Waals surface area contributed by atoms with Crippen LogP contribution in [0.5, 0.6) is 11.5 Å². The first-order chi connectivity index (χ1) is 15.5. The summed E-state index contributed by atoms with van der Waals surface area (Å²) in [6, 6.07) is 22.3. The topological polar surface area (TPSA) is 84.9 Å². The van der Waals surface area contributed by atoms with Gasteiger partial charge in [0.25, 0.3) is 11.8 Å². The molecule has 1 fully saturated rings. The van der Waals surface area contributed by atoms with Crippen molar-refractivity contribution in [2.75, 3.05) is 12.0 Å². The van der Waals surface area contributed by atoms with Crippen molar-refractivity contribution in [3.8, 4) is 11.5 Å². The molecule has 1 aliphatic rings.